The van der Waals surface area contributed by atoms with Crippen molar-refractivity contribution in [2.24, 2.45) is 0 Å². The van der Waals surface area contributed by atoms with Gasteiger partial charge in [-0.15, -0.1) is 0 Å². The molecule has 1 unspecified atom stereocenters. The summed E-state index contributed by atoms with van der Waals surface area (Å²) in [5.41, 5.74) is 2.81. The summed E-state index contributed by atoms with van der Waals surface area (Å²) in [4.78, 5) is 12.3. The van der Waals surface area contributed by atoms with Crippen molar-refractivity contribution in [2.75, 3.05) is 26.9 Å². The van der Waals surface area contributed by atoms with Crippen LogP contribution >= 0.6 is 0 Å². The smallest absolute Gasteiger partial charge is 0.220 e. The number of ether oxygens (including phenoxy) is 10. The summed E-state index contributed by atoms with van der Waals surface area (Å²) in [5.74, 6) is -1.04. The van der Waals surface area contributed by atoms with E-state index in [0.717, 1.165) is 22.4 Å². The second-order valence-corrected chi connectivity index (χ2v) is 23.1. The van der Waals surface area contributed by atoms with Crippen LogP contribution < -0.4 is 4.74 Å². The maximum absolute atomic E-state index is 6.76. The number of fused-ring (bicyclic) bond motifs is 1. The molecule has 7 rings (SSSR count). The highest BCUT2D eigenvalue weighted by molar-refractivity contribution is 6.74. The number of methoxy groups -OCH3 is 1. The zero-order valence-electron chi connectivity index (χ0n) is 36.7. The van der Waals surface area contributed by atoms with Gasteiger partial charge in [0.1, 0.15) is 61.2 Å². The summed E-state index contributed by atoms with van der Waals surface area (Å²) in [6.07, 6.45) is -6.32. The van der Waals surface area contributed by atoms with E-state index in [1.54, 1.807) is 7.11 Å². The normalized spacial score (nSPS) is 31.5. The third-order valence-electron chi connectivity index (χ3n) is 11.8. The molecule has 3 aromatic rings. The average Bonchev–Trinajstić information content (AvgIpc) is 3.71. The van der Waals surface area contributed by atoms with Crippen LogP contribution in [0.1, 0.15) is 71.4 Å². The quantitative estimate of drug-likeness (QED) is 0.0787. The lowest BCUT2D eigenvalue weighted by Crippen LogP contribution is -2.63. The van der Waals surface area contributed by atoms with Crippen LogP contribution in [-0.2, 0) is 70.0 Å². The van der Waals surface area contributed by atoms with Crippen LogP contribution in [0.15, 0.2) is 84.9 Å². The first kappa shape index (κ1) is 45.2. The molecule has 4 saturated heterocycles. The molecule has 4 aliphatic rings. The van der Waals surface area contributed by atoms with E-state index in [9.17, 15) is 0 Å². The molecule has 0 saturated carbocycles. The minimum absolute atomic E-state index is 0.0119. The summed E-state index contributed by atoms with van der Waals surface area (Å²) >= 11 is 0. The Kier molecular flexibility index (Phi) is 14.2. The van der Waals surface area contributed by atoms with E-state index >= 15 is 0 Å². The molecule has 4 aliphatic heterocycles. The van der Waals surface area contributed by atoms with Gasteiger partial charge >= 0.3 is 0 Å². The van der Waals surface area contributed by atoms with Gasteiger partial charge in [-0.2, -0.15) is 0 Å². The monoisotopic (exact) mass is 852 g/mol. The molecule has 4 fully saturated rings. The van der Waals surface area contributed by atoms with Crippen molar-refractivity contribution >= 4 is 8.32 Å². The van der Waals surface area contributed by atoms with E-state index in [0.29, 0.717) is 13.2 Å². The molecule has 0 amide bonds. The second-order valence-electron chi connectivity index (χ2n) is 18.3. The van der Waals surface area contributed by atoms with Gasteiger partial charge in [-0.05, 0) is 69.1 Å². The predicted molar refractivity (Wildman–Crippen MR) is 223 cm³/mol. The molecule has 0 aliphatic carbocycles. The fourth-order valence-corrected chi connectivity index (χ4v) is 8.69. The summed E-state index contributed by atoms with van der Waals surface area (Å²) in [6.45, 7) is 19.7. The van der Waals surface area contributed by atoms with Gasteiger partial charge in [0.05, 0.1) is 33.5 Å². The molecule has 14 heteroatoms. The van der Waals surface area contributed by atoms with Gasteiger partial charge in [0, 0.05) is 5.56 Å². The topological polar surface area (TPSA) is 120 Å². The fraction of sp³-hybridized carbons (Fsp3) is 0.609. The molecule has 10 atom stereocenters. The third-order valence-corrected chi connectivity index (χ3v) is 16.3. The lowest BCUT2D eigenvalue weighted by molar-refractivity contribution is -0.450. The Morgan fingerprint density at radius 1 is 0.667 bits per heavy atom. The molecule has 0 aromatic heterocycles. The SMILES string of the molecule is COc1ccc(CO[C@@H]2[C@H](OOC[C@@H]3OC(C)(C)O[C@H]3[C@H]3OC(C)(C)O[C@@H]3CO[Si](C)(C)C(C)(C)C)O[C@@H]3COC(c4ccccc4)O[C@H]3[C@@H]2OCc2ccccc2)cc1. The molecule has 0 bridgehead atoms. The van der Waals surface area contributed by atoms with Gasteiger partial charge in [0.25, 0.3) is 0 Å². The van der Waals surface area contributed by atoms with E-state index < -0.39 is 81.3 Å². The minimum Gasteiger partial charge on any atom is -0.497 e. The largest absolute Gasteiger partial charge is 0.497 e. The van der Waals surface area contributed by atoms with Gasteiger partial charge in [-0.25, -0.2) is 9.78 Å². The summed E-state index contributed by atoms with van der Waals surface area (Å²) in [5, 5.41) is 0.0304. The summed E-state index contributed by atoms with van der Waals surface area (Å²) in [7, 11) is -0.452. The Morgan fingerprint density at radius 2 is 1.23 bits per heavy atom. The average molecular weight is 853 g/mol. The van der Waals surface area contributed by atoms with Gasteiger partial charge in [0.15, 0.2) is 26.2 Å². The van der Waals surface area contributed by atoms with Gasteiger partial charge in [-0.3, -0.25) is 0 Å². The molecular formula is C46H64O13Si. The van der Waals surface area contributed by atoms with Crippen LogP contribution in [0.25, 0.3) is 0 Å². The lowest BCUT2D eigenvalue weighted by Gasteiger charge is -2.48. The molecule has 3 aromatic carbocycles. The maximum Gasteiger partial charge on any atom is 0.220 e. The van der Waals surface area contributed by atoms with Crippen molar-refractivity contribution in [3.63, 3.8) is 0 Å². The van der Waals surface area contributed by atoms with Crippen LogP contribution in [0, 0.1) is 0 Å². The van der Waals surface area contributed by atoms with Crippen molar-refractivity contribution in [1.29, 1.82) is 0 Å². The van der Waals surface area contributed by atoms with Crippen LogP contribution in [0.2, 0.25) is 18.1 Å². The summed E-state index contributed by atoms with van der Waals surface area (Å²) < 4.78 is 70.9. The van der Waals surface area contributed by atoms with Crippen molar-refractivity contribution in [3.05, 3.63) is 102 Å². The number of hydrogen-bond acceptors (Lipinski definition) is 13. The lowest BCUT2D eigenvalue weighted by atomic mass is 9.97. The van der Waals surface area contributed by atoms with E-state index in [-0.39, 0.29) is 24.9 Å². The molecule has 0 N–H and O–H groups in total. The van der Waals surface area contributed by atoms with Gasteiger partial charge in [0.2, 0.25) is 6.29 Å². The highest BCUT2D eigenvalue weighted by atomic mass is 28.4. The molecule has 330 valence electrons. The van der Waals surface area contributed by atoms with Crippen molar-refractivity contribution in [2.45, 2.75) is 153 Å². The number of benzene rings is 3. The van der Waals surface area contributed by atoms with Crippen LogP contribution in [0.4, 0.5) is 0 Å². The summed E-state index contributed by atoms with van der Waals surface area (Å²) in [6, 6.07) is 27.5. The molecule has 60 heavy (non-hydrogen) atoms. The third kappa shape index (κ3) is 11.0. The first-order valence-electron chi connectivity index (χ1n) is 21.0. The Balaban J connectivity index is 1.10. The van der Waals surface area contributed by atoms with E-state index in [1.165, 1.54) is 0 Å². The van der Waals surface area contributed by atoms with Crippen LogP contribution in [0.5, 0.6) is 5.75 Å². The van der Waals surface area contributed by atoms with Crippen molar-refractivity contribution in [3.8, 4) is 5.75 Å². The zero-order valence-corrected chi connectivity index (χ0v) is 37.7. The van der Waals surface area contributed by atoms with Crippen LogP contribution in [0.3, 0.4) is 0 Å². The zero-order chi connectivity index (χ0) is 42.7. The van der Waals surface area contributed by atoms with E-state index in [1.807, 2.05) is 113 Å². The van der Waals surface area contributed by atoms with Gasteiger partial charge < -0.3 is 51.8 Å². The molecular weight excluding hydrogens is 789 g/mol. The Labute approximate surface area is 356 Å². The molecule has 0 spiro atoms. The predicted octanol–water partition coefficient (Wildman–Crippen LogP) is 8.02. The highest BCUT2D eigenvalue weighted by Crippen LogP contribution is 2.42. The molecule has 4 heterocycles. The molecule has 0 radical (unpaired) electrons. The number of rotatable bonds is 16. The first-order chi connectivity index (χ1) is 28.5. The van der Waals surface area contributed by atoms with Crippen LogP contribution in [-0.4, -0.2) is 102 Å². The van der Waals surface area contributed by atoms with Crippen molar-refractivity contribution in [1.82, 2.24) is 0 Å². The second kappa shape index (κ2) is 18.9. The minimum atomic E-state index is -2.09. The van der Waals surface area contributed by atoms with Gasteiger partial charge in [-0.1, -0.05) is 93.6 Å². The van der Waals surface area contributed by atoms with E-state index in [4.69, 9.17) is 61.6 Å². The highest BCUT2D eigenvalue weighted by Gasteiger charge is 2.56. The molecule has 13 nitrogen and oxygen atoms in total. The fourth-order valence-electron chi connectivity index (χ4n) is 7.67. The van der Waals surface area contributed by atoms with Crippen molar-refractivity contribution < 1.29 is 61.6 Å². The Morgan fingerprint density at radius 3 is 1.83 bits per heavy atom. The Bertz CT molecular complexity index is 1790. The Hall–Kier alpha value is -2.80. The first-order valence-corrected chi connectivity index (χ1v) is 23.9. The number of hydrogen-bond donors (Lipinski definition) is 0. The maximum atomic E-state index is 6.76. The van der Waals surface area contributed by atoms with E-state index in [2.05, 4.69) is 33.9 Å². The standard InChI is InChI=1S/C46H64O13Si/c1-44(2,3)60(9,10)52-29-36-39(58-46(6,7)56-36)38-35(55-45(4,5)57-38)28-51-59-43-41(49-26-31-21-23-33(47-8)24-22-31)40(48-25-30-17-13-11-14-18-30)37-34(53-43)27-50-42(54-37)32-19-15-12-16-20-32/h11-24,34-43H,25-29H2,1-10H3/t34-,35+,36-,37-,38-,39+,40+,41+,42?,43+/m1/s1.